The van der Waals surface area contributed by atoms with E-state index in [-0.39, 0.29) is 0 Å². The van der Waals surface area contributed by atoms with Crippen LogP contribution in [0.1, 0.15) is 57.0 Å². The van der Waals surface area contributed by atoms with E-state index >= 15 is 0 Å². The van der Waals surface area contributed by atoms with Gasteiger partial charge in [-0.15, -0.1) is 0 Å². The first-order valence-corrected chi connectivity index (χ1v) is 9.88. The topological polar surface area (TPSA) is 60.7 Å². The van der Waals surface area contributed by atoms with E-state index < -0.39 is 5.41 Å². The van der Waals surface area contributed by atoms with Gasteiger partial charge in [-0.3, -0.25) is 0 Å². The zero-order valence-corrected chi connectivity index (χ0v) is 18.3. The lowest BCUT2D eigenvalue weighted by Gasteiger charge is -2.34. The minimum atomic E-state index is -0.532. The summed E-state index contributed by atoms with van der Waals surface area (Å²) in [6.07, 6.45) is 0. The molecule has 0 spiro atoms. The van der Waals surface area contributed by atoms with E-state index in [0.29, 0.717) is 17.2 Å². The molecular weight excluding hydrogens is 360 g/mol. The fraction of sp³-hybridized carbons (Fsp3) is 0.308. The molecule has 3 aromatic carbocycles. The van der Waals surface area contributed by atoms with Crippen molar-refractivity contribution in [1.82, 2.24) is 0 Å². The molecule has 3 nitrogen and oxygen atoms in total. The molecule has 0 aliphatic heterocycles. The van der Waals surface area contributed by atoms with E-state index in [1.165, 1.54) is 0 Å². The van der Waals surface area contributed by atoms with Crippen LogP contribution in [0.25, 0.3) is 0 Å². The molecule has 3 aromatic rings. The van der Waals surface area contributed by atoms with E-state index in [1.54, 1.807) is 0 Å². The second-order valence-corrected chi connectivity index (χ2v) is 8.50. The molecule has 3 N–H and O–H groups in total. The van der Waals surface area contributed by atoms with Gasteiger partial charge in [0.2, 0.25) is 0 Å². The highest BCUT2D eigenvalue weighted by molar-refractivity contribution is 5.59. The Morgan fingerprint density at radius 1 is 0.448 bits per heavy atom. The molecular formula is C26H30O3. The SMILES string of the molecule is Cc1cc(C(C)(c2cc(C)c(O)c(C)c2)c2cc(C)c(O)c(C)c2)cc(C)c1O. The number of phenols is 3. The number of hydrogen-bond donors (Lipinski definition) is 3. The van der Waals surface area contributed by atoms with Gasteiger partial charge in [-0.2, -0.15) is 0 Å². The van der Waals surface area contributed by atoms with Crippen LogP contribution in [0.2, 0.25) is 0 Å². The Hall–Kier alpha value is -2.94. The number of aryl methyl sites for hydroxylation is 6. The zero-order chi connectivity index (χ0) is 21.7. The largest absolute Gasteiger partial charge is 0.507 e. The van der Waals surface area contributed by atoms with Crippen molar-refractivity contribution in [3.05, 3.63) is 86.5 Å². The molecule has 0 aliphatic rings. The van der Waals surface area contributed by atoms with Gasteiger partial charge in [0, 0.05) is 5.41 Å². The summed E-state index contributed by atoms with van der Waals surface area (Å²) in [5.41, 5.74) is 7.58. The molecule has 3 heteroatoms. The Kier molecular flexibility index (Phi) is 5.12. The molecule has 0 aromatic heterocycles. The number of aromatic hydroxyl groups is 3. The van der Waals surface area contributed by atoms with Crippen molar-refractivity contribution in [2.45, 2.75) is 53.9 Å². The summed E-state index contributed by atoms with van der Waals surface area (Å²) in [7, 11) is 0. The molecule has 3 rings (SSSR count). The minimum Gasteiger partial charge on any atom is -0.507 e. The Morgan fingerprint density at radius 2 is 0.621 bits per heavy atom. The van der Waals surface area contributed by atoms with Crippen LogP contribution < -0.4 is 0 Å². The molecule has 0 unspecified atom stereocenters. The molecule has 0 saturated carbocycles. The lowest BCUT2D eigenvalue weighted by Crippen LogP contribution is -2.26. The van der Waals surface area contributed by atoms with Crippen LogP contribution in [0, 0.1) is 41.5 Å². The molecule has 0 aliphatic carbocycles. The number of hydrogen-bond acceptors (Lipinski definition) is 3. The fourth-order valence-corrected chi connectivity index (χ4v) is 4.23. The zero-order valence-electron chi connectivity index (χ0n) is 18.3. The summed E-state index contributed by atoms with van der Waals surface area (Å²) >= 11 is 0. The van der Waals surface area contributed by atoms with Crippen molar-refractivity contribution >= 4 is 0 Å². The first-order chi connectivity index (χ1) is 13.5. The first kappa shape index (κ1) is 20.8. The van der Waals surface area contributed by atoms with Gasteiger partial charge < -0.3 is 15.3 Å². The Balaban J connectivity index is 2.42. The van der Waals surface area contributed by atoms with Crippen LogP contribution in [0.5, 0.6) is 17.2 Å². The van der Waals surface area contributed by atoms with Crippen LogP contribution in [0.3, 0.4) is 0 Å². The predicted molar refractivity (Wildman–Crippen MR) is 118 cm³/mol. The second-order valence-electron chi connectivity index (χ2n) is 8.50. The highest BCUT2D eigenvalue weighted by Gasteiger charge is 2.33. The van der Waals surface area contributed by atoms with Gasteiger partial charge in [0.1, 0.15) is 17.2 Å². The molecule has 29 heavy (non-hydrogen) atoms. The maximum Gasteiger partial charge on any atom is 0.121 e. The van der Waals surface area contributed by atoms with Crippen molar-refractivity contribution in [1.29, 1.82) is 0 Å². The molecule has 0 heterocycles. The molecule has 0 atom stereocenters. The Morgan fingerprint density at radius 3 is 0.793 bits per heavy atom. The number of benzene rings is 3. The average Bonchev–Trinajstić information content (AvgIpc) is 2.66. The van der Waals surface area contributed by atoms with Gasteiger partial charge in [0.05, 0.1) is 0 Å². The lowest BCUT2D eigenvalue weighted by molar-refractivity contribution is 0.465. The van der Waals surface area contributed by atoms with Crippen molar-refractivity contribution in [3.8, 4) is 17.2 Å². The minimum absolute atomic E-state index is 0.312. The van der Waals surface area contributed by atoms with E-state index in [2.05, 4.69) is 6.92 Å². The van der Waals surface area contributed by atoms with Crippen molar-refractivity contribution in [2.24, 2.45) is 0 Å². The third kappa shape index (κ3) is 3.35. The number of rotatable bonds is 3. The quantitative estimate of drug-likeness (QED) is 0.480. The summed E-state index contributed by atoms with van der Waals surface area (Å²) in [6, 6.07) is 12.2. The van der Waals surface area contributed by atoms with E-state index in [0.717, 1.165) is 50.1 Å². The first-order valence-electron chi connectivity index (χ1n) is 9.88. The van der Waals surface area contributed by atoms with Crippen molar-refractivity contribution in [3.63, 3.8) is 0 Å². The van der Waals surface area contributed by atoms with Gasteiger partial charge in [-0.1, -0.05) is 36.4 Å². The number of phenolic OH excluding ortho intramolecular Hbond substituents is 3. The molecule has 0 radical (unpaired) electrons. The molecule has 0 fully saturated rings. The van der Waals surface area contributed by atoms with Gasteiger partial charge >= 0.3 is 0 Å². The summed E-state index contributed by atoms with van der Waals surface area (Å²) in [4.78, 5) is 0. The highest BCUT2D eigenvalue weighted by Crippen LogP contribution is 2.44. The monoisotopic (exact) mass is 390 g/mol. The van der Waals surface area contributed by atoms with Crippen LogP contribution in [-0.2, 0) is 5.41 Å². The third-order valence-electron chi connectivity index (χ3n) is 6.21. The standard InChI is InChI=1S/C26H30O3/c1-14-8-20(9-15(2)23(14)27)26(7,21-10-16(3)24(28)17(4)11-21)22-12-18(5)25(29)19(6)13-22/h8-13,27-29H,1-7H3. The lowest BCUT2D eigenvalue weighted by atomic mass is 9.69. The second kappa shape index (κ2) is 7.14. The van der Waals surface area contributed by atoms with Gasteiger partial charge in [0.25, 0.3) is 0 Å². The van der Waals surface area contributed by atoms with Crippen LogP contribution >= 0.6 is 0 Å². The fourth-order valence-electron chi connectivity index (χ4n) is 4.23. The molecule has 152 valence electrons. The Bertz CT molecular complexity index is 900. The maximum atomic E-state index is 10.3. The summed E-state index contributed by atoms with van der Waals surface area (Å²) in [6.45, 7) is 13.6. The maximum absolute atomic E-state index is 10.3. The summed E-state index contributed by atoms with van der Waals surface area (Å²) < 4.78 is 0. The van der Waals surface area contributed by atoms with Gasteiger partial charge in [-0.25, -0.2) is 0 Å². The summed E-state index contributed by atoms with van der Waals surface area (Å²) in [5, 5.41) is 31.0. The van der Waals surface area contributed by atoms with Gasteiger partial charge in [-0.05, 0) is 98.5 Å². The normalized spacial score (nSPS) is 11.7. The molecule has 0 saturated heterocycles. The van der Waals surface area contributed by atoms with Gasteiger partial charge in [0.15, 0.2) is 0 Å². The predicted octanol–water partition coefficient (Wildman–Crippen LogP) is 6.01. The van der Waals surface area contributed by atoms with Crippen molar-refractivity contribution < 1.29 is 15.3 Å². The van der Waals surface area contributed by atoms with Crippen LogP contribution in [0.15, 0.2) is 36.4 Å². The third-order valence-corrected chi connectivity index (χ3v) is 6.21. The Labute approximate surface area is 173 Å². The highest BCUT2D eigenvalue weighted by atomic mass is 16.3. The van der Waals surface area contributed by atoms with Crippen LogP contribution in [-0.4, -0.2) is 15.3 Å². The average molecular weight is 391 g/mol. The van der Waals surface area contributed by atoms with Crippen LogP contribution in [0.4, 0.5) is 0 Å². The smallest absolute Gasteiger partial charge is 0.121 e. The van der Waals surface area contributed by atoms with E-state index in [4.69, 9.17) is 0 Å². The molecule has 0 amide bonds. The van der Waals surface area contributed by atoms with Crippen molar-refractivity contribution in [2.75, 3.05) is 0 Å². The summed E-state index contributed by atoms with van der Waals surface area (Å²) in [5.74, 6) is 0.937. The van der Waals surface area contributed by atoms with E-state index in [1.807, 2.05) is 77.9 Å². The molecule has 0 bridgehead atoms. The van der Waals surface area contributed by atoms with E-state index in [9.17, 15) is 15.3 Å².